The van der Waals surface area contributed by atoms with E-state index in [-0.39, 0.29) is 11.3 Å². The van der Waals surface area contributed by atoms with Gasteiger partial charge in [-0.1, -0.05) is 0 Å². The molecule has 16 heavy (non-hydrogen) atoms. The molecule has 2 fully saturated rings. The number of carbonyl (C=O) groups is 1. The van der Waals surface area contributed by atoms with E-state index in [0.717, 1.165) is 12.8 Å². The van der Waals surface area contributed by atoms with Crippen molar-refractivity contribution in [1.29, 1.82) is 0 Å². The van der Waals surface area contributed by atoms with Crippen molar-refractivity contribution in [2.75, 3.05) is 0 Å². The molecule has 1 aromatic rings. The van der Waals surface area contributed by atoms with E-state index in [9.17, 15) is 4.79 Å². The molecule has 0 heterocycles. The molecule has 2 aliphatic rings. The molecule has 4 atom stereocenters. The van der Waals surface area contributed by atoms with Crippen molar-refractivity contribution < 1.29 is 4.79 Å². The fraction of sp³-hybridized carbons (Fsp3) is 0.462. The quantitative estimate of drug-likeness (QED) is 0.603. The summed E-state index contributed by atoms with van der Waals surface area (Å²) in [4.78, 5) is 12.1. The Morgan fingerprint density at radius 1 is 1.25 bits per heavy atom. The Kier molecular flexibility index (Phi) is 2.83. The van der Waals surface area contributed by atoms with Crippen LogP contribution in [0.2, 0.25) is 4.82 Å². The van der Waals surface area contributed by atoms with Crippen molar-refractivity contribution >= 4 is 36.8 Å². The number of carbonyl (C=O) groups excluding carboxylic acids is 1. The predicted molar refractivity (Wildman–Crippen MR) is 66.4 cm³/mol. The van der Waals surface area contributed by atoms with Gasteiger partial charge in [-0.3, -0.25) is 0 Å². The van der Waals surface area contributed by atoms with Gasteiger partial charge in [0.05, 0.1) is 0 Å². The molecular weight excluding hydrogens is 287 g/mol. The maximum absolute atomic E-state index is 11.6. The Morgan fingerprint density at radius 2 is 2.00 bits per heavy atom. The Hall–Kier alpha value is -0.301. The summed E-state index contributed by atoms with van der Waals surface area (Å²) in [7, 11) is 0. The van der Waals surface area contributed by atoms with Crippen molar-refractivity contribution in [2.24, 2.45) is 11.8 Å². The number of rotatable bonds is 2. The molecular formula is C13H13ClOSe. The first-order chi connectivity index (χ1) is 7.75. The van der Waals surface area contributed by atoms with E-state index in [0.29, 0.717) is 31.5 Å². The van der Waals surface area contributed by atoms with E-state index in [2.05, 4.69) is 24.3 Å². The van der Waals surface area contributed by atoms with Crippen LogP contribution in [0.15, 0.2) is 30.3 Å². The molecule has 0 aromatic heterocycles. The van der Waals surface area contributed by atoms with Crippen LogP contribution in [0.4, 0.5) is 0 Å². The van der Waals surface area contributed by atoms with Crippen LogP contribution in [0, 0.1) is 11.8 Å². The number of Topliss-reactive ketones (excluding diaryl/α,β-unsaturated/α-hetero) is 1. The summed E-state index contributed by atoms with van der Waals surface area (Å²) in [5.74, 6) is 1.15. The van der Waals surface area contributed by atoms with E-state index in [4.69, 9.17) is 11.6 Å². The molecule has 3 rings (SSSR count). The predicted octanol–water partition coefficient (Wildman–Crippen LogP) is 2.02. The fourth-order valence-corrected chi connectivity index (χ4v) is 6.36. The van der Waals surface area contributed by atoms with Crippen LogP contribution in [0.5, 0.6) is 0 Å². The van der Waals surface area contributed by atoms with Crippen LogP contribution in [0.25, 0.3) is 0 Å². The van der Waals surface area contributed by atoms with Crippen molar-refractivity contribution in [3.63, 3.8) is 0 Å². The van der Waals surface area contributed by atoms with Gasteiger partial charge in [0.25, 0.3) is 0 Å². The van der Waals surface area contributed by atoms with Gasteiger partial charge >= 0.3 is 107 Å². The standard InChI is InChI=1S/C13H13ClOSe/c14-12-10-6-8(7-11(10)15)13(12)16-9-4-2-1-3-5-9/h1-5,8,10,12-13H,6-7H2. The Bertz CT molecular complexity index is 404. The van der Waals surface area contributed by atoms with Crippen molar-refractivity contribution in [3.8, 4) is 0 Å². The summed E-state index contributed by atoms with van der Waals surface area (Å²) in [6, 6.07) is 10.6. The summed E-state index contributed by atoms with van der Waals surface area (Å²) in [5, 5.41) is 0.103. The minimum atomic E-state index is 0.103. The van der Waals surface area contributed by atoms with Crippen LogP contribution >= 0.6 is 11.6 Å². The van der Waals surface area contributed by atoms with Crippen LogP contribution in [-0.2, 0) is 4.79 Å². The number of halogens is 1. The number of fused-ring (bicyclic) bond motifs is 2. The summed E-state index contributed by atoms with van der Waals surface area (Å²) >= 11 is 6.84. The molecule has 1 nitrogen and oxygen atoms in total. The molecule has 0 spiro atoms. The van der Waals surface area contributed by atoms with Crippen LogP contribution in [0.1, 0.15) is 12.8 Å². The Morgan fingerprint density at radius 3 is 2.62 bits per heavy atom. The van der Waals surface area contributed by atoms with Gasteiger partial charge in [-0.2, -0.15) is 0 Å². The second-order valence-corrected chi connectivity index (χ2v) is 7.74. The molecule has 1 aromatic carbocycles. The van der Waals surface area contributed by atoms with Crippen LogP contribution in [0.3, 0.4) is 0 Å². The van der Waals surface area contributed by atoms with E-state index in [1.165, 1.54) is 4.46 Å². The van der Waals surface area contributed by atoms with E-state index < -0.39 is 0 Å². The summed E-state index contributed by atoms with van der Waals surface area (Å²) < 4.78 is 1.41. The second-order valence-electron chi connectivity index (χ2n) is 4.61. The van der Waals surface area contributed by atoms with E-state index in [1.54, 1.807) is 0 Å². The SMILES string of the molecule is O=C1CC2CC1C(Cl)C2[Se]c1ccccc1. The van der Waals surface area contributed by atoms with Gasteiger partial charge in [0.2, 0.25) is 0 Å². The van der Waals surface area contributed by atoms with Crippen LogP contribution in [-0.4, -0.2) is 26.1 Å². The molecule has 0 saturated heterocycles. The van der Waals surface area contributed by atoms with Gasteiger partial charge in [-0.25, -0.2) is 0 Å². The average Bonchev–Trinajstić information content (AvgIpc) is 2.80. The van der Waals surface area contributed by atoms with Crippen molar-refractivity contribution in [1.82, 2.24) is 0 Å². The molecule has 3 heteroatoms. The van der Waals surface area contributed by atoms with E-state index in [1.807, 2.05) is 6.07 Å². The first kappa shape index (κ1) is 10.8. The van der Waals surface area contributed by atoms with Crippen LogP contribution < -0.4 is 4.46 Å². The number of ketones is 1. The molecule has 4 unspecified atom stereocenters. The number of alkyl halides is 1. The zero-order valence-corrected chi connectivity index (χ0v) is 11.3. The monoisotopic (exact) mass is 300 g/mol. The van der Waals surface area contributed by atoms with Gasteiger partial charge in [0.15, 0.2) is 0 Å². The molecule has 0 aliphatic heterocycles. The minimum absolute atomic E-state index is 0.103. The number of hydrogen-bond donors (Lipinski definition) is 0. The maximum atomic E-state index is 11.6. The zero-order chi connectivity index (χ0) is 11.1. The summed E-state index contributed by atoms with van der Waals surface area (Å²) in [6.07, 6.45) is 1.83. The number of benzene rings is 1. The first-order valence-electron chi connectivity index (χ1n) is 5.64. The summed E-state index contributed by atoms with van der Waals surface area (Å²) in [6.45, 7) is 0. The molecule has 2 saturated carbocycles. The Labute approximate surface area is 107 Å². The van der Waals surface area contributed by atoms with Gasteiger partial charge in [0.1, 0.15) is 0 Å². The average molecular weight is 300 g/mol. The third kappa shape index (κ3) is 1.73. The fourth-order valence-electron chi connectivity index (χ4n) is 2.81. The number of hydrogen-bond acceptors (Lipinski definition) is 1. The van der Waals surface area contributed by atoms with Crippen molar-refractivity contribution in [3.05, 3.63) is 30.3 Å². The van der Waals surface area contributed by atoms with Gasteiger partial charge < -0.3 is 0 Å². The zero-order valence-electron chi connectivity index (χ0n) is 8.80. The van der Waals surface area contributed by atoms with Gasteiger partial charge in [-0.05, 0) is 0 Å². The third-order valence-electron chi connectivity index (χ3n) is 3.61. The Balaban J connectivity index is 1.76. The molecule has 0 radical (unpaired) electrons. The van der Waals surface area contributed by atoms with E-state index >= 15 is 0 Å². The van der Waals surface area contributed by atoms with Gasteiger partial charge in [0, 0.05) is 0 Å². The molecule has 0 N–H and O–H groups in total. The normalized spacial score (nSPS) is 36.9. The third-order valence-corrected chi connectivity index (χ3v) is 7.66. The molecule has 2 bridgehead atoms. The first-order valence-corrected chi connectivity index (χ1v) is 7.92. The molecule has 0 amide bonds. The van der Waals surface area contributed by atoms with Crippen molar-refractivity contribution in [2.45, 2.75) is 23.0 Å². The summed E-state index contributed by atoms with van der Waals surface area (Å²) in [5.41, 5.74) is 0. The van der Waals surface area contributed by atoms with Gasteiger partial charge in [-0.15, -0.1) is 0 Å². The molecule has 2 aliphatic carbocycles. The topological polar surface area (TPSA) is 17.1 Å². The molecule has 84 valence electrons. The second kappa shape index (κ2) is 4.18.